The summed E-state index contributed by atoms with van der Waals surface area (Å²) in [5.41, 5.74) is 3.01. The summed E-state index contributed by atoms with van der Waals surface area (Å²) in [5.74, 6) is 1.09. The van der Waals surface area contributed by atoms with Crippen molar-refractivity contribution < 1.29 is 14.3 Å². The van der Waals surface area contributed by atoms with Crippen molar-refractivity contribution in [3.8, 4) is 0 Å². The number of likely N-dealkylation sites (N-methyl/N-ethyl adjacent to an activating group) is 1. The van der Waals surface area contributed by atoms with Gasteiger partial charge in [0, 0.05) is 12.5 Å². The zero-order chi connectivity index (χ0) is 19.8. The predicted octanol–water partition coefficient (Wildman–Crippen LogP) is 4.31. The maximum atomic E-state index is 13.3. The van der Waals surface area contributed by atoms with Crippen LogP contribution in [0.4, 0.5) is 11.4 Å². The summed E-state index contributed by atoms with van der Waals surface area (Å²) >= 11 is 0. The fraction of sp³-hybridized carbons (Fsp3) is 0.609. The average molecular weight is 383 g/mol. The first-order chi connectivity index (χ1) is 13.2. The number of hydrogen-bond donors (Lipinski definition) is 1. The molecule has 2 saturated carbocycles. The number of ether oxygens (including phenoxy) is 2. The zero-order valence-electron chi connectivity index (χ0n) is 17.4. The molecule has 2 heterocycles. The van der Waals surface area contributed by atoms with Gasteiger partial charge in [0.2, 0.25) is 0 Å². The Balaban J connectivity index is 1.40. The van der Waals surface area contributed by atoms with Crippen LogP contribution < -0.4 is 10.2 Å². The Morgan fingerprint density at radius 3 is 2.71 bits per heavy atom. The number of carbonyl (C=O) groups excluding carboxylic acids is 1. The third-order valence-corrected chi connectivity index (χ3v) is 8.43. The van der Waals surface area contributed by atoms with Gasteiger partial charge in [-0.15, -0.1) is 0 Å². The normalized spacial score (nSPS) is 37.2. The second kappa shape index (κ2) is 5.68. The van der Waals surface area contributed by atoms with Crippen molar-refractivity contribution in [2.24, 2.45) is 16.7 Å². The number of rotatable bonds is 2. The van der Waals surface area contributed by atoms with Crippen LogP contribution in [0.3, 0.4) is 0 Å². The van der Waals surface area contributed by atoms with Crippen molar-refractivity contribution >= 4 is 17.3 Å². The van der Waals surface area contributed by atoms with Gasteiger partial charge in [-0.25, -0.2) is 4.79 Å². The van der Waals surface area contributed by atoms with Crippen LogP contribution in [-0.2, 0) is 14.3 Å². The van der Waals surface area contributed by atoms with Gasteiger partial charge in [-0.05, 0) is 49.7 Å². The number of anilines is 2. The van der Waals surface area contributed by atoms with E-state index in [4.69, 9.17) is 9.47 Å². The summed E-state index contributed by atoms with van der Waals surface area (Å²) < 4.78 is 12.3. The van der Waals surface area contributed by atoms with Gasteiger partial charge in [-0.2, -0.15) is 0 Å². The Labute approximate surface area is 167 Å². The fourth-order valence-corrected chi connectivity index (χ4v) is 6.10. The Morgan fingerprint density at radius 2 is 2.04 bits per heavy atom. The Bertz CT molecular complexity index is 876. The summed E-state index contributed by atoms with van der Waals surface area (Å²) in [7, 11) is 2.01. The number of para-hydroxylation sites is 2. The third kappa shape index (κ3) is 2.16. The highest BCUT2D eigenvalue weighted by Crippen LogP contribution is 2.66. The summed E-state index contributed by atoms with van der Waals surface area (Å²) in [6.45, 7) is 8.86. The molecule has 0 spiro atoms. The molecule has 0 unspecified atom stereocenters. The van der Waals surface area contributed by atoms with Crippen molar-refractivity contribution in [1.29, 1.82) is 0 Å². The molecule has 150 valence electrons. The molecule has 1 aromatic carbocycles. The summed E-state index contributed by atoms with van der Waals surface area (Å²) in [4.78, 5) is 15.4. The van der Waals surface area contributed by atoms with Crippen molar-refractivity contribution in [2.45, 2.75) is 65.3 Å². The SMILES string of the molecule is CC1=C(C(=O)O[C@@H]2C[C@@H]3CC[C@]2(C)C3(C)C)[C@@H]2Nc3ccccc3N(C)[C@H]2O1. The van der Waals surface area contributed by atoms with E-state index in [-0.39, 0.29) is 35.2 Å². The molecule has 2 fully saturated rings. The van der Waals surface area contributed by atoms with Crippen molar-refractivity contribution in [3.63, 3.8) is 0 Å². The largest absolute Gasteiger partial charge is 0.472 e. The Morgan fingerprint density at radius 1 is 1.29 bits per heavy atom. The number of hydrogen-bond acceptors (Lipinski definition) is 5. The predicted molar refractivity (Wildman–Crippen MR) is 109 cm³/mol. The van der Waals surface area contributed by atoms with Crippen LogP contribution in [0.5, 0.6) is 0 Å². The van der Waals surface area contributed by atoms with Crippen molar-refractivity contribution in [2.75, 3.05) is 17.3 Å². The van der Waals surface area contributed by atoms with E-state index in [0.29, 0.717) is 17.3 Å². The molecule has 2 aliphatic heterocycles. The van der Waals surface area contributed by atoms with Crippen LogP contribution in [0.15, 0.2) is 35.6 Å². The van der Waals surface area contributed by atoms with E-state index in [1.165, 1.54) is 6.42 Å². The van der Waals surface area contributed by atoms with Gasteiger partial charge in [0.05, 0.1) is 11.4 Å². The van der Waals surface area contributed by atoms with Crippen LogP contribution >= 0.6 is 0 Å². The molecule has 28 heavy (non-hydrogen) atoms. The van der Waals surface area contributed by atoms with Crippen LogP contribution in [0.25, 0.3) is 0 Å². The van der Waals surface area contributed by atoms with Crippen LogP contribution in [-0.4, -0.2) is 31.4 Å². The average Bonchev–Trinajstić information content (AvgIpc) is 3.16. The van der Waals surface area contributed by atoms with Gasteiger partial charge in [0.1, 0.15) is 23.5 Å². The molecule has 0 saturated heterocycles. The smallest absolute Gasteiger partial charge is 0.340 e. The summed E-state index contributed by atoms with van der Waals surface area (Å²) in [5, 5.41) is 3.51. The second-order valence-corrected chi connectivity index (χ2v) is 9.73. The maximum absolute atomic E-state index is 13.3. The van der Waals surface area contributed by atoms with Crippen molar-refractivity contribution in [1.82, 2.24) is 0 Å². The molecule has 1 aromatic rings. The summed E-state index contributed by atoms with van der Waals surface area (Å²) in [6.07, 6.45) is 3.12. The lowest BCUT2D eigenvalue weighted by Gasteiger charge is -2.39. The molecule has 5 heteroatoms. The number of esters is 1. The lowest BCUT2D eigenvalue weighted by molar-refractivity contribution is -0.152. The van der Waals surface area contributed by atoms with Crippen LogP contribution in [0.2, 0.25) is 0 Å². The Kier molecular flexibility index (Phi) is 3.63. The number of allylic oxidation sites excluding steroid dienone is 1. The summed E-state index contributed by atoms with van der Waals surface area (Å²) in [6, 6.07) is 7.90. The minimum Gasteiger partial charge on any atom is -0.472 e. The molecule has 5 rings (SSSR count). The van der Waals surface area contributed by atoms with E-state index >= 15 is 0 Å². The topological polar surface area (TPSA) is 50.8 Å². The van der Waals surface area contributed by atoms with E-state index < -0.39 is 0 Å². The van der Waals surface area contributed by atoms with E-state index in [0.717, 1.165) is 24.2 Å². The highest BCUT2D eigenvalue weighted by atomic mass is 16.6. The molecule has 0 radical (unpaired) electrons. The van der Waals surface area contributed by atoms with E-state index in [2.05, 4.69) is 37.1 Å². The molecule has 4 aliphatic rings. The maximum Gasteiger partial charge on any atom is 0.340 e. The zero-order valence-corrected chi connectivity index (χ0v) is 17.4. The molecular weight excluding hydrogens is 352 g/mol. The third-order valence-electron chi connectivity index (χ3n) is 8.43. The van der Waals surface area contributed by atoms with Gasteiger partial charge in [0.15, 0.2) is 6.23 Å². The molecule has 5 nitrogen and oxygen atoms in total. The highest BCUT2D eigenvalue weighted by molar-refractivity contribution is 5.93. The molecule has 1 N–H and O–H groups in total. The number of benzene rings is 1. The molecular formula is C23H30N2O3. The lowest BCUT2D eigenvalue weighted by atomic mass is 9.70. The van der Waals surface area contributed by atoms with E-state index in [1.807, 2.05) is 32.2 Å². The van der Waals surface area contributed by atoms with Gasteiger partial charge in [-0.1, -0.05) is 32.9 Å². The monoisotopic (exact) mass is 382 g/mol. The van der Waals surface area contributed by atoms with Gasteiger partial charge in [0.25, 0.3) is 0 Å². The fourth-order valence-electron chi connectivity index (χ4n) is 6.10. The number of fused-ring (bicyclic) bond motifs is 4. The minimum absolute atomic E-state index is 0.0123. The standard InChI is InChI=1S/C23H30N2O3/c1-13-18(19-20(27-13)25(5)16-9-7-6-8-15(16)24-19)21(26)28-17-12-14-10-11-23(17,4)22(14,2)3/h6-9,14,17,19-20,24H,10-12H2,1-5H3/t14-,17+,19-,20-,23-/m0/s1. The molecule has 0 amide bonds. The van der Waals surface area contributed by atoms with Gasteiger partial charge < -0.3 is 19.7 Å². The van der Waals surface area contributed by atoms with Gasteiger partial charge in [-0.3, -0.25) is 0 Å². The van der Waals surface area contributed by atoms with Crippen molar-refractivity contribution in [3.05, 3.63) is 35.6 Å². The lowest BCUT2D eigenvalue weighted by Crippen LogP contribution is -2.49. The van der Waals surface area contributed by atoms with E-state index in [9.17, 15) is 4.79 Å². The molecule has 0 aromatic heterocycles. The molecule has 5 atom stereocenters. The highest BCUT2D eigenvalue weighted by Gasteiger charge is 2.63. The first kappa shape index (κ1) is 17.9. The molecule has 2 bridgehead atoms. The number of nitrogens with one attached hydrogen (secondary N) is 1. The number of nitrogens with zero attached hydrogens (tertiary/aromatic N) is 1. The minimum atomic E-state index is -0.232. The van der Waals surface area contributed by atoms with Crippen LogP contribution in [0.1, 0.15) is 47.0 Å². The Hall–Kier alpha value is -2.17. The first-order valence-corrected chi connectivity index (χ1v) is 10.4. The quantitative estimate of drug-likeness (QED) is 0.773. The van der Waals surface area contributed by atoms with E-state index in [1.54, 1.807) is 0 Å². The van der Waals surface area contributed by atoms with Gasteiger partial charge >= 0.3 is 5.97 Å². The second-order valence-electron chi connectivity index (χ2n) is 9.73. The first-order valence-electron chi connectivity index (χ1n) is 10.4. The van der Waals surface area contributed by atoms with Crippen LogP contribution in [0, 0.1) is 16.7 Å². The molecule has 2 aliphatic carbocycles. The number of carbonyl (C=O) groups is 1.